The molecule has 0 saturated carbocycles. The molecule has 0 unspecified atom stereocenters. The van der Waals surface area contributed by atoms with Crippen LogP contribution in [0.5, 0.6) is 0 Å². The summed E-state index contributed by atoms with van der Waals surface area (Å²) in [5, 5.41) is 6.98. The quantitative estimate of drug-likeness (QED) is 0.720. The molecule has 0 bridgehead atoms. The molecule has 0 aromatic carbocycles. The topological polar surface area (TPSA) is 84.7 Å². The van der Waals surface area contributed by atoms with Crippen LogP contribution in [0.3, 0.4) is 0 Å². The third kappa shape index (κ3) is 2.82. The lowest BCUT2D eigenvalue weighted by atomic mass is 10.3. The minimum absolute atomic E-state index is 0.220. The van der Waals surface area contributed by atoms with Crippen molar-refractivity contribution in [2.75, 3.05) is 18.5 Å². The van der Waals surface area contributed by atoms with Crippen LogP contribution >= 0.6 is 0 Å². The van der Waals surface area contributed by atoms with Gasteiger partial charge in [-0.1, -0.05) is 5.16 Å². The van der Waals surface area contributed by atoms with Gasteiger partial charge in [0.1, 0.15) is 5.76 Å². The van der Waals surface area contributed by atoms with Crippen LogP contribution in [0, 0.1) is 6.92 Å². The SMILES string of the molecule is Cc1cc(NC(=O)C(=O)N2CCCCO2)no1. The van der Waals surface area contributed by atoms with Crippen LogP contribution in [0.4, 0.5) is 5.82 Å². The number of anilines is 1. The minimum atomic E-state index is -0.778. The molecule has 17 heavy (non-hydrogen) atoms. The Hall–Kier alpha value is -1.89. The fraction of sp³-hybridized carbons (Fsp3) is 0.500. The van der Waals surface area contributed by atoms with Crippen LogP contribution < -0.4 is 5.32 Å². The Morgan fingerprint density at radius 2 is 2.29 bits per heavy atom. The van der Waals surface area contributed by atoms with E-state index >= 15 is 0 Å². The monoisotopic (exact) mass is 239 g/mol. The van der Waals surface area contributed by atoms with E-state index in [0.717, 1.165) is 17.9 Å². The first-order chi connectivity index (χ1) is 8.16. The average molecular weight is 239 g/mol. The molecular weight excluding hydrogens is 226 g/mol. The van der Waals surface area contributed by atoms with Gasteiger partial charge in [-0.25, -0.2) is 5.06 Å². The van der Waals surface area contributed by atoms with Crippen LogP contribution in [-0.4, -0.2) is 35.2 Å². The second-order valence-corrected chi connectivity index (χ2v) is 3.72. The Kier molecular flexibility index (Phi) is 3.38. The predicted molar refractivity (Wildman–Crippen MR) is 56.8 cm³/mol. The molecular formula is C10H13N3O4. The van der Waals surface area contributed by atoms with Crippen molar-refractivity contribution in [1.29, 1.82) is 0 Å². The highest BCUT2D eigenvalue weighted by atomic mass is 16.7. The molecule has 1 fully saturated rings. The van der Waals surface area contributed by atoms with Gasteiger partial charge in [0.2, 0.25) is 0 Å². The van der Waals surface area contributed by atoms with Gasteiger partial charge in [-0.15, -0.1) is 0 Å². The largest absolute Gasteiger partial charge is 0.360 e. The lowest BCUT2D eigenvalue weighted by Gasteiger charge is -2.24. The number of carbonyl (C=O) groups excluding carboxylic acids is 2. The number of hydroxylamine groups is 2. The summed E-state index contributed by atoms with van der Waals surface area (Å²) in [6, 6.07) is 1.53. The van der Waals surface area contributed by atoms with E-state index in [-0.39, 0.29) is 5.82 Å². The third-order valence-electron chi connectivity index (χ3n) is 2.29. The molecule has 1 N–H and O–H groups in total. The summed E-state index contributed by atoms with van der Waals surface area (Å²) in [4.78, 5) is 28.3. The highest BCUT2D eigenvalue weighted by Gasteiger charge is 2.25. The molecule has 0 atom stereocenters. The standard InChI is InChI=1S/C10H13N3O4/c1-7-6-8(12-17-7)11-9(14)10(15)13-4-2-3-5-16-13/h6H,2-5H2,1H3,(H,11,12,14). The number of carbonyl (C=O) groups is 2. The van der Waals surface area contributed by atoms with Crippen molar-refractivity contribution in [2.45, 2.75) is 19.8 Å². The van der Waals surface area contributed by atoms with Gasteiger partial charge in [-0.05, 0) is 19.8 Å². The summed E-state index contributed by atoms with van der Waals surface area (Å²) in [5.74, 6) is -0.717. The van der Waals surface area contributed by atoms with E-state index in [0.29, 0.717) is 18.9 Å². The summed E-state index contributed by atoms with van der Waals surface area (Å²) in [6.07, 6.45) is 1.73. The third-order valence-corrected chi connectivity index (χ3v) is 2.29. The Bertz CT molecular complexity index is 423. The van der Waals surface area contributed by atoms with E-state index in [1.54, 1.807) is 6.92 Å². The summed E-state index contributed by atoms with van der Waals surface area (Å²) < 4.78 is 4.77. The number of nitrogens with zero attached hydrogens (tertiary/aromatic N) is 2. The van der Waals surface area contributed by atoms with Crippen molar-refractivity contribution in [3.05, 3.63) is 11.8 Å². The van der Waals surface area contributed by atoms with Gasteiger partial charge in [0.05, 0.1) is 6.61 Å². The van der Waals surface area contributed by atoms with E-state index in [9.17, 15) is 9.59 Å². The second kappa shape index (κ2) is 4.96. The van der Waals surface area contributed by atoms with Crippen molar-refractivity contribution < 1.29 is 18.9 Å². The minimum Gasteiger partial charge on any atom is -0.360 e. The van der Waals surface area contributed by atoms with Crippen molar-refractivity contribution in [3.8, 4) is 0 Å². The number of rotatable bonds is 1. The van der Waals surface area contributed by atoms with Crippen LogP contribution in [0.25, 0.3) is 0 Å². The fourth-order valence-electron chi connectivity index (χ4n) is 1.47. The number of hydrogen-bond acceptors (Lipinski definition) is 5. The molecule has 1 saturated heterocycles. The number of hydrogen-bond donors (Lipinski definition) is 1. The maximum absolute atomic E-state index is 11.6. The van der Waals surface area contributed by atoms with Gasteiger partial charge >= 0.3 is 11.8 Å². The van der Waals surface area contributed by atoms with Crippen molar-refractivity contribution in [2.24, 2.45) is 0 Å². The maximum Gasteiger partial charge on any atom is 0.335 e. The zero-order valence-corrected chi connectivity index (χ0v) is 9.43. The van der Waals surface area contributed by atoms with E-state index in [4.69, 9.17) is 9.36 Å². The zero-order chi connectivity index (χ0) is 12.3. The van der Waals surface area contributed by atoms with Crippen molar-refractivity contribution >= 4 is 17.6 Å². The Labute approximate surface area is 97.6 Å². The summed E-state index contributed by atoms with van der Waals surface area (Å²) in [7, 11) is 0. The lowest BCUT2D eigenvalue weighted by Crippen LogP contribution is -2.42. The van der Waals surface area contributed by atoms with Crippen LogP contribution in [0.1, 0.15) is 18.6 Å². The van der Waals surface area contributed by atoms with Crippen molar-refractivity contribution in [3.63, 3.8) is 0 Å². The summed E-state index contributed by atoms with van der Waals surface area (Å²) in [6.45, 7) is 2.59. The van der Waals surface area contributed by atoms with Crippen LogP contribution in [-0.2, 0) is 14.4 Å². The van der Waals surface area contributed by atoms with Gasteiger partial charge in [-0.2, -0.15) is 0 Å². The van der Waals surface area contributed by atoms with Gasteiger partial charge in [0, 0.05) is 12.6 Å². The molecule has 1 aromatic heterocycles. The lowest BCUT2D eigenvalue weighted by molar-refractivity contribution is -0.197. The summed E-state index contributed by atoms with van der Waals surface area (Å²) >= 11 is 0. The highest BCUT2D eigenvalue weighted by Crippen LogP contribution is 2.09. The molecule has 7 heteroatoms. The first-order valence-electron chi connectivity index (χ1n) is 5.36. The van der Waals surface area contributed by atoms with Gasteiger partial charge in [-0.3, -0.25) is 19.7 Å². The number of aromatic nitrogens is 1. The molecule has 1 aliphatic rings. The fourth-order valence-corrected chi connectivity index (χ4v) is 1.47. The molecule has 1 aromatic rings. The molecule has 2 amide bonds. The first-order valence-corrected chi connectivity index (χ1v) is 5.36. The molecule has 2 rings (SSSR count). The number of amides is 2. The maximum atomic E-state index is 11.6. The Balaban J connectivity index is 1.92. The average Bonchev–Trinajstić information content (AvgIpc) is 2.75. The molecule has 1 aliphatic heterocycles. The molecule has 2 heterocycles. The smallest absolute Gasteiger partial charge is 0.335 e. The summed E-state index contributed by atoms with van der Waals surface area (Å²) in [5.41, 5.74) is 0. The molecule has 0 aliphatic carbocycles. The molecule has 0 radical (unpaired) electrons. The van der Waals surface area contributed by atoms with Gasteiger partial charge in [0.15, 0.2) is 5.82 Å². The highest BCUT2D eigenvalue weighted by molar-refractivity contribution is 6.39. The van der Waals surface area contributed by atoms with E-state index in [1.807, 2.05) is 0 Å². The predicted octanol–water partition coefficient (Wildman–Crippen LogP) is 0.476. The second-order valence-electron chi connectivity index (χ2n) is 3.72. The van der Waals surface area contributed by atoms with Gasteiger partial charge in [0.25, 0.3) is 0 Å². The molecule has 7 nitrogen and oxygen atoms in total. The van der Waals surface area contributed by atoms with Crippen LogP contribution in [0.2, 0.25) is 0 Å². The molecule has 0 spiro atoms. The Morgan fingerprint density at radius 1 is 1.47 bits per heavy atom. The van der Waals surface area contributed by atoms with E-state index in [1.165, 1.54) is 6.07 Å². The Morgan fingerprint density at radius 3 is 2.88 bits per heavy atom. The van der Waals surface area contributed by atoms with Crippen molar-refractivity contribution in [1.82, 2.24) is 10.2 Å². The normalized spacial score (nSPS) is 15.7. The first kappa shape index (κ1) is 11.6. The number of nitrogens with one attached hydrogen (secondary N) is 1. The van der Waals surface area contributed by atoms with Crippen LogP contribution in [0.15, 0.2) is 10.6 Å². The van der Waals surface area contributed by atoms with E-state index < -0.39 is 11.8 Å². The number of aryl methyl sites for hydroxylation is 1. The van der Waals surface area contributed by atoms with Gasteiger partial charge < -0.3 is 4.52 Å². The molecule has 92 valence electrons. The zero-order valence-electron chi connectivity index (χ0n) is 9.43. The van der Waals surface area contributed by atoms with E-state index in [2.05, 4.69) is 10.5 Å².